The number of aromatic nitrogens is 1. The van der Waals surface area contributed by atoms with Gasteiger partial charge in [-0.3, -0.25) is 4.79 Å². The Bertz CT molecular complexity index is 553. The Hall–Kier alpha value is -1.33. The van der Waals surface area contributed by atoms with Crippen molar-refractivity contribution in [3.05, 3.63) is 23.4 Å². The number of halogens is 1. The topological polar surface area (TPSA) is 56.7 Å². The van der Waals surface area contributed by atoms with Crippen LogP contribution >= 0.6 is 11.6 Å². The maximum Gasteiger partial charge on any atom is 0.225 e. The minimum absolute atomic E-state index is 0.0769. The van der Waals surface area contributed by atoms with Crippen molar-refractivity contribution in [2.75, 3.05) is 31.1 Å². The van der Waals surface area contributed by atoms with Crippen LogP contribution in [0.4, 0.5) is 5.82 Å². The second-order valence-corrected chi connectivity index (χ2v) is 7.10. The van der Waals surface area contributed by atoms with Crippen LogP contribution in [0.25, 0.3) is 0 Å². The molecule has 0 spiro atoms. The van der Waals surface area contributed by atoms with Gasteiger partial charge in [-0.15, -0.1) is 0 Å². The zero-order chi connectivity index (χ0) is 16.3. The molecule has 0 atom stereocenters. The van der Waals surface area contributed by atoms with Gasteiger partial charge in [-0.2, -0.15) is 0 Å². The number of aliphatic hydroxyl groups is 1. The van der Waals surface area contributed by atoms with Crippen molar-refractivity contribution in [2.45, 2.75) is 44.1 Å². The number of nitrogens with zero attached hydrogens (tertiary/aromatic N) is 3. The number of rotatable bonds is 3. The first-order valence-electron chi connectivity index (χ1n) is 8.42. The van der Waals surface area contributed by atoms with Crippen LogP contribution in [0, 0.1) is 0 Å². The molecule has 23 heavy (non-hydrogen) atoms. The summed E-state index contributed by atoms with van der Waals surface area (Å²) in [4.78, 5) is 20.8. The normalized spacial score (nSPS) is 21.3. The van der Waals surface area contributed by atoms with Crippen molar-refractivity contribution in [1.82, 2.24) is 9.88 Å². The van der Waals surface area contributed by atoms with Crippen molar-refractivity contribution < 1.29 is 9.90 Å². The fourth-order valence-corrected chi connectivity index (χ4v) is 3.69. The number of piperazine rings is 1. The summed E-state index contributed by atoms with van der Waals surface area (Å²) in [6.45, 7) is 2.83. The third kappa shape index (κ3) is 4.15. The molecule has 1 aromatic rings. The SMILES string of the molecule is O=C(CC1(O)CCCCC1)N1CCN(c2cc(Cl)ccn2)CC1. The summed E-state index contributed by atoms with van der Waals surface area (Å²) >= 11 is 6.01. The van der Waals surface area contributed by atoms with E-state index in [0.29, 0.717) is 18.1 Å². The maximum absolute atomic E-state index is 12.5. The second-order valence-electron chi connectivity index (χ2n) is 6.66. The Morgan fingerprint density at radius 2 is 1.91 bits per heavy atom. The molecule has 1 aliphatic heterocycles. The quantitative estimate of drug-likeness (QED) is 0.920. The average Bonchev–Trinajstić information content (AvgIpc) is 2.55. The van der Waals surface area contributed by atoms with E-state index in [1.807, 2.05) is 11.0 Å². The smallest absolute Gasteiger partial charge is 0.225 e. The number of carbonyl (C=O) groups excluding carboxylic acids is 1. The van der Waals surface area contributed by atoms with Gasteiger partial charge >= 0.3 is 0 Å². The molecule has 1 aromatic heterocycles. The molecular formula is C17H24ClN3O2. The fourth-order valence-electron chi connectivity index (χ4n) is 3.53. The molecule has 0 aromatic carbocycles. The van der Waals surface area contributed by atoms with Crippen LogP contribution in [-0.4, -0.2) is 52.7 Å². The highest BCUT2D eigenvalue weighted by atomic mass is 35.5. The minimum atomic E-state index is -0.777. The molecule has 6 heteroatoms. The number of anilines is 1. The van der Waals surface area contributed by atoms with Crippen LogP contribution in [0.5, 0.6) is 0 Å². The van der Waals surface area contributed by atoms with E-state index in [2.05, 4.69) is 9.88 Å². The molecular weight excluding hydrogens is 314 g/mol. The molecule has 1 amide bonds. The molecule has 5 nitrogen and oxygen atoms in total. The number of amides is 1. The zero-order valence-corrected chi connectivity index (χ0v) is 14.1. The predicted molar refractivity (Wildman–Crippen MR) is 90.7 cm³/mol. The number of hydrogen-bond donors (Lipinski definition) is 1. The number of pyridine rings is 1. The first kappa shape index (κ1) is 16.5. The molecule has 0 unspecified atom stereocenters. The molecule has 0 bridgehead atoms. The summed E-state index contributed by atoms with van der Waals surface area (Å²) in [5.41, 5.74) is -0.777. The highest BCUT2D eigenvalue weighted by molar-refractivity contribution is 6.30. The van der Waals surface area contributed by atoms with E-state index >= 15 is 0 Å². The van der Waals surface area contributed by atoms with Gasteiger partial charge in [0.25, 0.3) is 0 Å². The van der Waals surface area contributed by atoms with Crippen LogP contribution < -0.4 is 4.90 Å². The van der Waals surface area contributed by atoms with Crippen molar-refractivity contribution in [3.8, 4) is 0 Å². The predicted octanol–water partition coefficient (Wildman–Crippen LogP) is 2.47. The van der Waals surface area contributed by atoms with Crippen LogP contribution in [0.1, 0.15) is 38.5 Å². The van der Waals surface area contributed by atoms with E-state index in [0.717, 1.165) is 44.6 Å². The Kier molecular flexibility index (Phi) is 5.07. The van der Waals surface area contributed by atoms with Gasteiger partial charge in [-0.1, -0.05) is 30.9 Å². The monoisotopic (exact) mass is 337 g/mol. The van der Waals surface area contributed by atoms with Gasteiger partial charge in [-0.25, -0.2) is 4.98 Å². The van der Waals surface area contributed by atoms with Gasteiger partial charge in [0.05, 0.1) is 12.0 Å². The lowest BCUT2D eigenvalue weighted by molar-refractivity contribution is -0.138. The standard InChI is InChI=1S/C17H24ClN3O2/c18-14-4-7-19-15(12-14)20-8-10-21(11-9-20)16(22)13-17(23)5-2-1-3-6-17/h4,7,12,23H,1-3,5-6,8-11,13H2. The Morgan fingerprint density at radius 1 is 1.22 bits per heavy atom. The molecule has 1 saturated heterocycles. The highest BCUT2D eigenvalue weighted by Gasteiger charge is 2.34. The Labute approximate surface area is 142 Å². The Morgan fingerprint density at radius 3 is 2.57 bits per heavy atom. The molecule has 1 aliphatic carbocycles. The summed E-state index contributed by atoms with van der Waals surface area (Å²) in [5, 5.41) is 11.2. The maximum atomic E-state index is 12.5. The molecule has 3 rings (SSSR count). The van der Waals surface area contributed by atoms with Crippen LogP contribution in [-0.2, 0) is 4.79 Å². The van der Waals surface area contributed by atoms with Crippen LogP contribution in [0.3, 0.4) is 0 Å². The molecule has 2 aliphatic rings. The third-order valence-electron chi connectivity index (χ3n) is 4.93. The van der Waals surface area contributed by atoms with Crippen LogP contribution in [0.15, 0.2) is 18.3 Å². The largest absolute Gasteiger partial charge is 0.389 e. The van der Waals surface area contributed by atoms with Gasteiger partial charge in [0.1, 0.15) is 5.82 Å². The minimum Gasteiger partial charge on any atom is -0.389 e. The van der Waals surface area contributed by atoms with Crippen molar-refractivity contribution in [1.29, 1.82) is 0 Å². The third-order valence-corrected chi connectivity index (χ3v) is 5.16. The van der Waals surface area contributed by atoms with Crippen molar-refractivity contribution in [3.63, 3.8) is 0 Å². The van der Waals surface area contributed by atoms with Crippen LogP contribution in [0.2, 0.25) is 5.02 Å². The Balaban J connectivity index is 1.53. The molecule has 2 fully saturated rings. The summed E-state index contributed by atoms with van der Waals surface area (Å²) in [6.07, 6.45) is 6.70. The lowest BCUT2D eigenvalue weighted by Gasteiger charge is -2.38. The van der Waals surface area contributed by atoms with Gasteiger partial charge in [0, 0.05) is 37.4 Å². The fraction of sp³-hybridized carbons (Fsp3) is 0.647. The van der Waals surface area contributed by atoms with E-state index in [4.69, 9.17) is 11.6 Å². The lowest BCUT2D eigenvalue weighted by Crippen LogP contribution is -2.50. The highest BCUT2D eigenvalue weighted by Crippen LogP contribution is 2.31. The van der Waals surface area contributed by atoms with Crippen molar-refractivity contribution in [2.24, 2.45) is 0 Å². The van der Waals surface area contributed by atoms with E-state index in [1.54, 1.807) is 12.3 Å². The van der Waals surface area contributed by atoms with E-state index in [-0.39, 0.29) is 12.3 Å². The summed E-state index contributed by atoms with van der Waals surface area (Å²) < 4.78 is 0. The number of carbonyl (C=O) groups is 1. The molecule has 126 valence electrons. The second kappa shape index (κ2) is 7.05. The zero-order valence-electron chi connectivity index (χ0n) is 13.4. The molecule has 0 radical (unpaired) electrons. The molecule has 2 heterocycles. The molecule has 1 N–H and O–H groups in total. The first-order chi connectivity index (χ1) is 11.1. The van der Waals surface area contributed by atoms with Gasteiger partial charge < -0.3 is 14.9 Å². The van der Waals surface area contributed by atoms with Gasteiger partial charge in [0.15, 0.2) is 0 Å². The number of hydrogen-bond acceptors (Lipinski definition) is 4. The average molecular weight is 338 g/mol. The van der Waals surface area contributed by atoms with Gasteiger partial charge in [0.2, 0.25) is 5.91 Å². The summed E-state index contributed by atoms with van der Waals surface area (Å²) in [7, 11) is 0. The van der Waals surface area contributed by atoms with Crippen molar-refractivity contribution >= 4 is 23.3 Å². The van der Waals surface area contributed by atoms with E-state index < -0.39 is 5.60 Å². The lowest BCUT2D eigenvalue weighted by atomic mass is 9.82. The molecule has 1 saturated carbocycles. The summed E-state index contributed by atoms with van der Waals surface area (Å²) in [6, 6.07) is 3.61. The van der Waals surface area contributed by atoms with E-state index in [9.17, 15) is 9.90 Å². The summed E-state index contributed by atoms with van der Waals surface area (Å²) in [5.74, 6) is 0.934. The first-order valence-corrected chi connectivity index (χ1v) is 8.80. The van der Waals surface area contributed by atoms with E-state index in [1.165, 1.54) is 6.42 Å². The van der Waals surface area contributed by atoms with Gasteiger partial charge in [-0.05, 0) is 25.0 Å².